The van der Waals surface area contributed by atoms with Gasteiger partial charge in [0.25, 0.3) is 0 Å². The van der Waals surface area contributed by atoms with Crippen LogP contribution >= 0.6 is 0 Å². The lowest BCUT2D eigenvalue weighted by molar-refractivity contribution is 1.07. The molecular weight excluding hydrogens is 252 g/mol. The first-order valence-electron chi connectivity index (χ1n) is 6.32. The molecule has 2 N–H and O–H groups in total. The molecule has 0 amide bonds. The molecule has 2 aromatic carbocycles. The van der Waals surface area contributed by atoms with Gasteiger partial charge in [-0.2, -0.15) is 0 Å². The Morgan fingerprint density at radius 2 is 0.944 bits per heavy atom. The molecule has 0 unspecified atom stereocenters. The van der Waals surface area contributed by atoms with Gasteiger partial charge in [-0.3, -0.25) is 0 Å². The van der Waals surface area contributed by atoms with Gasteiger partial charge in [0.05, 0.1) is 0 Å². The van der Waals surface area contributed by atoms with E-state index in [0.717, 1.165) is 0 Å². The zero-order valence-corrected chi connectivity index (χ0v) is 12.8. The van der Waals surface area contributed by atoms with Gasteiger partial charge in [-0.15, -0.1) is 0 Å². The predicted octanol–water partition coefficient (Wildman–Crippen LogP) is 1.14. The Bertz CT molecular complexity index is 487. The van der Waals surface area contributed by atoms with Gasteiger partial charge < -0.3 is 9.30 Å². The smallest absolute Gasteiger partial charge is 0.220 e. The van der Waals surface area contributed by atoms with Crippen LogP contribution in [0.2, 0.25) is 13.1 Å². The molecule has 2 aromatic rings. The van der Waals surface area contributed by atoms with Gasteiger partial charge in [-0.1, -0.05) is 60.7 Å². The van der Waals surface area contributed by atoms with E-state index < -0.39 is 16.8 Å². The first-order chi connectivity index (χ1) is 8.62. The Morgan fingerprint density at radius 3 is 1.28 bits per heavy atom. The maximum absolute atomic E-state index is 3.93. The van der Waals surface area contributed by atoms with Crippen molar-refractivity contribution in [2.24, 2.45) is 0 Å². The van der Waals surface area contributed by atoms with Crippen molar-refractivity contribution in [3.63, 3.8) is 0 Å². The topological polar surface area (TPSA) is 24.1 Å². The number of hydrogen-bond donors (Lipinski definition) is 2. The largest absolute Gasteiger partial charge is 0.329 e. The van der Waals surface area contributed by atoms with Gasteiger partial charge in [-0.25, -0.2) is 0 Å². The summed E-state index contributed by atoms with van der Waals surface area (Å²) in [6.45, 7) is 4.69. The van der Waals surface area contributed by atoms with Crippen molar-refractivity contribution in [3.05, 3.63) is 60.7 Å². The normalized spacial score (nSPS) is 30.8. The number of benzene rings is 2. The second-order valence-corrected chi connectivity index (χ2v) is 12.9. The highest BCUT2D eigenvalue weighted by molar-refractivity contribution is 7.15. The molecular formula is C14H18N2Si2. The van der Waals surface area contributed by atoms with Crippen molar-refractivity contribution in [2.75, 3.05) is 0 Å². The van der Waals surface area contributed by atoms with Crippen molar-refractivity contribution in [1.29, 1.82) is 0 Å². The van der Waals surface area contributed by atoms with Crippen molar-refractivity contribution >= 4 is 27.2 Å². The monoisotopic (exact) mass is 270 g/mol. The van der Waals surface area contributed by atoms with Crippen LogP contribution in [0, 0.1) is 0 Å². The zero-order chi connectivity index (χ0) is 12.6. The SMILES string of the molecule is C[Si]1(c2ccccc2)N[Si](C)(c2ccccc2)N1. The Hall–Kier alpha value is -1.21. The molecule has 0 radical (unpaired) electrons. The molecule has 0 aliphatic carbocycles. The lowest BCUT2D eigenvalue weighted by Crippen LogP contribution is -2.97. The quantitative estimate of drug-likeness (QED) is 0.800. The zero-order valence-electron chi connectivity index (χ0n) is 10.8. The molecule has 1 aliphatic heterocycles. The average Bonchev–Trinajstić information content (AvgIpc) is 2.39. The Labute approximate surface area is 110 Å². The lowest BCUT2D eigenvalue weighted by atomic mass is 10.4. The maximum atomic E-state index is 3.93. The molecule has 4 heteroatoms. The number of nitrogens with one attached hydrogen (secondary N) is 2. The molecule has 1 heterocycles. The van der Waals surface area contributed by atoms with Gasteiger partial charge in [0.1, 0.15) is 0 Å². The van der Waals surface area contributed by atoms with E-state index in [1.807, 2.05) is 0 Å². The van der Waals surface area contributed by atoms with Crippen LogP contribution in [-0.4, -0.2) is 16.8 Å². The highest BCUT2D eigenvalue weighted by Gasteiger charge is 2.53. The van der Waals surface area contributed by atoms with Gasteiger partial charge in [0.2, 0.25) is 16.8 Å². The van der Waals surface area contributed by atoms with Crippen LogP contribution in [0.1, 0.15) is 0 Å². The summed E-state index contributed by atoms with van der Waals surface area (Å²) in [5.41, 5.74) is 0. The maximum Gasteiger partial charge on any atom is 0.220 e. The fourth-order valence-corrected chi connectivity index (χ4v) is 14.9. The second-order valence-electron chi connectivity index (χ2n) is 5.23. The van der Waals surface area contributed by atoms with Crippen molar-refractivity contribution in [3.8, 4) is 0 Å². The number of hydrogen-bond acceptors (Lipinski definition) is 2. The second kappa shape index (κ2) is 4.17. The molecule has 1 aliphatic rings. The molecule has 18 heavy (non-hydrogen) atoms. The fraction of sp³-hybridized carbons (Fsp3) is 0.143. The van der Waals surface area contributed by atoms with Gasteiger partial charge in [0.15, 0.2) is 0 Å². The van der Waals surface area contributed by atoms with Crippen LogP contribution < -0.4 is 19.7 Å². The van der Waals surface area contributed by atoms with E-state index in [9.17, 15) is 0 Å². The first-order valence-corrected chi connectivity index (χ1v) is 11.3. The summed E-state index contributed by atoms with van der Waals surface area (Å²) in [5, 5.41) is 2.87. The minimum Gasteiger partial charge on any atom is -0.329 e. The van der Waals surface area contributed by atoms with Crippen LogP contribution in [-0.2, 0) is 0 Å². The molecule has 1 fully saturated rings. The molecule has 0 saturated carbocycles. The molecule has 0 aromatic heterocycles. The molecule has 0 spiro atoms. The van der Waals surface area contributed by atoms with E-state index in [1.165, 1.54) is 10.4 Å². The van der Waals surface area contributed by atoms with Gasteiger partial charge in [-0.05, 0) is 23.5 Å². The van der Waals surface area contributed by atoms with E-state index in [1.54, 1.807) is 0 Å². The summed E-state index contributed by atoms with van der Waals surface area (Å²) >= 11 is 0. The van der Waals surface area contributed by atoms with Crippen molar-refractivity contribution < 1.29 is 0 Å². The van der Waals surface area contributed by atoms with Crippen LogP contribution in [0.25, 0.3) is 0 Å². The van der Waals surface area contributed by atoms with Crippen molar-refractivity contribution in [1.82, 2.24) is 9.30 Å². The van der Waals surface area contributed by atoms with E-state index >= 15 is 0 Å². The molecule has 92 valence electrons. The fourth-order valence-electron chi connectivity index (χ4n) is 2.83. The molecule has 1 saturated heterocycles. The molecule has 3 rings (SSSR count). The minimum absolute atomic E-state index is 1.44. The van der Waals surface area contributed by atoms with E-state index in [2.05, 4.69) is 83.1 Å². The van der Waals surface area contributed by atoms with Crippen LogP contribution in [0.5, 0.6) is 0 Å². The van der Waals surface area contributed by atoms with Crippen LogP contribution in [0.15, 0.2) is 60.7 Å². The summed E-state index contributed by atoms with van der Waals surface area (Å²) in [7, 11) is -3.26. The summed E-state index contributed by atoms with van der Waals surface area (Å²) in [6, 6.07) is 21.6. The van der Waals surface area contributed by atoms with Gasteiger partial charge in [0, 0.05) is 0 Å². The number of rotatable bonds is 2. The predicted molar refractivity (Wildman–Crippen MR) is 81.7 cm³/mol. The Kier molecular flexibility index (Phi) is 2.75. The first kappa shape index (κ1) is 11.9. The van der Waals surface area contributed by atoms with Gasteiger partial charge >= 0.3 is 0 Å². The summed E-state index contributed by atoms with van der Waals surface area (Å²) in [4.78, 5) is 0. The van der Waals surface area contributed by atoms with E-state index in [-0.39, 0.29) is 0 Å². The third-order valence-electron chi connectivity index (χ3n) is 3.70. The highest BCUT2D eigenvalue weighted by Crippen LogP contribution is 2.14. The van der Waals surface area contributed by atoms with E-state index in [4.69, 9.17) is 0 Å². The van der Waals surface area contributed by atoms with Crippen LogP contribution in [0.3, 0.4) is 0 Å². The molecule has 2 nitrogen and oxygen atoms in total. The summed E-state index contributed by atoms with van der Waals surface area (Å²) in [6.07, 6.45) is 0. The van der Waals surface area contributed by atoms with Crippen LogP contribution in [0.4, 0.5) is 0 Å². The lowest BCUT2D eigenvalue weighted by Gasteiger charge is -2.53. The highest BCUT2D eigenvalue weighted by atomic mass is 28.5. The average molecular weight is 270 g/mol. The minimum atomic E-state index is -1.63. The summed E-state index contributed by atoms with van der Waals surface area (Å²) in [5.74, 6) is 0. The Morgan fingerprint density at radius 1 is 0.611 bits per heavy atom. The third-order valence-corrected chi connectivity index (χ3v) is 14.7. The van der Waals surface area contributed by atoms with Crippen molar-refractivity contribution in [2.45, 2.75) is 13.1 Å². The standard InChI is InChI=1S/C14H18N2Si2/c1-17(13-9-5-3-6-10-13)15-18(2,16-17)14-11-7-4-8-12-14/h3-12,15-16H,1-2H3. The Balaban J connectivity index is 1.84. The molecule has 0 atom stereocenters. The molecule has 0 bridgehead atoms. The van der Waals surface area contributed by atoms with E-state index in [0.29, 0.717) is 0 Å². The summed E-state index contributed by atoms with van der Waals surface area (Å²) < 4.78 is 7.86. The third kappa shape index (κ3) is 1.87.